The largest absolute Gasteiger partial charge is 0.480 e. The van der Waals surface area contributed by atoms with Crippen molar-refractivity contribution in [1.82, 2.24) is 10.2 Å². The van der Waals surface area contributed by atoms with Crippen LogP contribution < -0.4 is 5.32 Å². The maximum Gasteiger partial charge on any atom is 0.326 e. The SMILES string of the molecule is CC[C@H](C)[C@H](NC(=O)N(C)C(C)(C)CC)C(=O)O. The zero-order valence-corrected chi connectivity index (χ0v) is 12.3. The first-order chi connectivity index (χ1) is 8.17. The third kappa shape index (κ3) is 4.20. The highest BCUT2D eigenvalue weighted by Crippen LogP contribution is 2.17. The molecule has 0 spiro atoms. The minimum absolute atomic E-state index is 0.0930. The first-order valence-corrected chi connectivity index (χ1v) is 6.44. The summed E-state index contributed by atoms with van der Waals surface area (Å²) < 4.78 is 0. The maximum absolute atomic E-state index is 12.0. The number of hydrogen-bond acceptors (Lipinski definition) is 2. The van der Waals surface area contributed by atoms with Crippen molar-refractivity contribution < 1.29 is 14.7 Å². The van der Waals surface area contributed by atoms with Crippen molar-refractivity contribution in [2.24, 2.45) is 5.92 Å². The standard InChI is InChI=1S/C13H26N2O3/c1-7-9(3)10(11(16)17)14-12(18)15(6)13(4,5)8-2/h9-10H,7-8H2,1-6H3,(H,14,18)(H,16,17)/t9-,10-/m0/s1. The Bertz CT molecular complexity index is 303. The van der Waals surface area contributed by atoms with Gasteiger partial charge >= 0.3 is 12.0 Å². The molecule has 0 aliphatic carbocycles. The molecule has 0 aromatic rings. The highest BCUT2D eigenvalue weighted by Gasteiger charge is 2.30. The van der Waals surface area contributed by atoms with Crippen LogP contribution in [0.5, 0.6) is 0 Å². The lowest BCUT2D eigenvalue weighted by Gasteiger charge is -2.36. The smallest absolute Gasteiger partial charge is 0.326 e. The first-order valence-electron chi connectivity index (χ1n) is 6.44. The zero-order chi connectivity index (χ0) is 14.5. The van der Waals surface area contributed by atoms with E-state index in [-0.39, 0.29) is 17.5 Å². The van der Waals surface area contributed by atoms with Gasteiger partial charge < -0.3 is 15.3 Å². The van der Waals surface area contributed by atoms with E-state index in [4.69, 9.17) is 5.11 Å². The minimum atomic E-state index is -0.986. The van der Waals surface area contributed by atoms with Gasteiger partial charge in [-0.1, -0.05) is 27.2 Å². The second-order valence-corrected chi connectivity index (χ2v) is 5.38. The highest BCUT2D eigenvalue weighted by molar-refractivity contribution is 5.83. The molecule has 5 nitrogen and oxygen atoms in total. The topological polar surface area (TPSA) is 69.6 Å². The second-order valence-electron chi connectivity index (χ2n) is 5.38. The van der Waals surface area contributed by atoms with Crippen LogP contribution in [0.4, 0.5) is 4.79 Å². The summed E-state index contributed by atoms with van der Waals surface area (Å²) in [4.78, 5) is 24.7. The van der Waals surface area contributed by atoms with E-state index in [0.717, 1.165) is 6.42 Å². The molecule has 0 aliphatic heterocycles. The van der Waals surface area contributed by atoms with Crippen molar-refractivity contribution in [2.75, 3.05) is 7.05 Å². The zero-order valence-electron chi connectivity index (χ0n) is 12.3. The van der Waals surface area contributed by atoms with Gasteiger partial charge in [-0.2, -0.15) is 0 Å². The molecular weight excluding hydrogens is 232 g/mol. The predicted octanol–water partition coefficient (Wildman–Crippen LogP) is 2.32. The fraction of sp³-hybridized carbons (Fsp3) is 0.846. The summed E-state index contributed by atoms with van der Waals surface area (Å²) in [5, 5.41) is 11.7. The van der Waals surface area contributed by atoms with E-state index < -0.39 is 12.0 Å². The molecule has 2 N–H and O–H groups in total. The third-order valence-corrected chi connectivity index (χ3v) is 3.84. The molecule has 0 unspecified atom stereocenters. The summed E-state index contributed by atoms with van der Waals surface area (Å²) in [5.74, 6) is -1.08. The van der Waals surface area contributed by atoms with Crippen molar-refractivity contribution in [2.45, 2.75) is 59.0 Å². The number of rotatable bonds is 6. The Labute approximate surface area is 110 Å². The van der Waals surface area contributed by atoms with Gasteiger partial charge in [-0.05, 0) is 26.2 Å². The van der Waals surface area contributed by atoms with Crippen LogP contribution in [0.1, 0.15) is 47.5 Å². The van der Waals surface area contributed by atoms with Crippen molar-refractivity contribution in [1.29, 1.82) is 0 Å². The summed E-state index contributed by atoms with van der Waals surface area (Å²) in [5.41, 5.74) is -0.289. The van der Waals surface area contributed by atoms with Crippen LogP contribution in [0.15, 0.2) is 0 Å². The fourth-order valence-electron chi connectivity index (χ4n) is 1.43. The van der Waals surface area contributed by atoms with E-state index in [1.807, 2.05) is 34.6 Å². The number of aliphatic carboxylic acids is 1. The number of carboxylic acids is 1. The van der Waals surface area contributed by atoms with Crippen LogP contribution >= 0.6 is 0 Å². The van der Waals surface area contributed by atoms with Gasteiger partial charge in [-0.25, -0.2) is 9.59 Å². The number of urea groups is 1. The lowest BCUT2D eigenvalue weighted by atomic mass is 9.98. The van der Waals surface area contributed by atoms with E-state index in [9.17, 15) is 9.59 Å². The number of amides is 2. The number of nitrogens with zero attached hydrogens (tertiary/aromatic N) is 1. The Morgan fingerprint density at radius 3 is 2.17 bits per heavy atom. The molecule has 0 rings (SSSR count). The fourth-order valence-corrected chi connectivity index (χ4v) is 1.43. The monoisotopic (exact) mass is 258 g/mol. The van der Waals surface area contributed by atoms with Crippen molar-refractivity contribution in [3.8, 4) is 0 Å². The van der Waals surface area contributed by atoms with Crippen molar-refractivity contribution >= 4 is 12.0 Å². The summed E-state index contributed by atoms with van der Waals surface area (Å²) in [6.07, 6.45) is 1.51. The average molecular weight is 258 g/mol. The number of carboxylic acid groups (broad SMARTS) is 1. The van der Waals surface area contributed by atoms with E-state index in [1.165, 1.54) is 0 Å². The van der Waals surface area contributed by atoms with Gasteiger partial charge in [0, 0.05) is 12.6 Å². The lowest BCUT2D eigenvalue weighted by Crippen LogP contribution is -2.54. The molecule has 18 heavy (non-hydrogen) atoms. The van der Waals surface area contributed by atoms with Crippen LogP contribution in [-0.2, 0) is 4.79 Å². The second kappa shape index (κ2) is 6.61. The van der Waals surface area contributed by atoms with Crippen LogP contribution in [-0.4, -0.2) is 40.6 Å². The van der Waals surface area contributed by atoms with Gasteiger partial charge in [0.15, 0.2) is 0 Å². The summed E-state index contributed by atoms with van der Waals surface area (Å²) in [6, 6.07) is -1.17. The quantitative estimate of drug-likeness (QED) is 0.768. The maximum atomic E-state index is 12.0. The molecule has 0 aromatic carbocycles. The minimum Gasteiger partial charge on any atom is -0.480 e. The Morgan fingerprint density at radius 1 is 1.33 bits per heavy atom. The summed E-state index contributed by atoms with van der Waals surface area (Å²) >= 11 is 0. The first kappa shape index (κ1) is 16.7. The summed E-state index contributed by atoms with van der Waals surface area (Å²) in [6.45, 7) is 9.63. The molecule has 5 heteroatoms. The lowest BCUT2D eigenvalue weighted by molar-refractivity contribution is -0.140. The molecule has 0 fully saturated rings. The molecule has 0 heterocycles. The molecule has 0 radical (unpaired) electrons. The van der Waals surface area contributed by atoms with Gasteiger partial charge in [-0.3, -0.25) is 0 Å². The Morgan fingerprint density at radius 2 is 1.83 bits per heavy atom. The van der Waals surface area contributed by atoms with Gasteiger partial charge in [0.05, 0.1) is 0 Å². The van der Waals surface area contributed by atoms with Gasteiger partial charge in [-0.15, -0.1) is 0 Å². The van der Waals surface area contributed by atoms with Gasteiger partial charge in [0.25, 0.3) is 0 Å². The average Bonchev–Trinajstić information content (AvgIpc) is 2.33. The number of carbonyl (C=O) groups is 2. The summed E-state index contributed by atoms with van der Waals surface area (Å²) in [7, 11) is 1.69. The van der Waals surface area contributed by atoms with E-state index in [2.05, 4.69) is 5.32 Å². The number of nitrogens with one attached hydrogen (secondary N) is 1. The molecule has 0 saturated carbocycles. The normalized spacial score (nSPS) is 14.8. The molecule has 2 atom stereocenters. The van der Waals surface area contributed by atoms with Crippen molar-refractivity contribution in [3.05, 3.63) is 0 Å². The van der Waals surface area contributed by atoms with Crippen LogP contribution in [0.25, 0.3) is 0 Å². The molecule has 0 saturated heterocycles. The van der Waals surface area contributed by atoms with E-state index in [1.54, 1.807) is 11.9 Å². The van der Waals surface area contributed by atoms with Crippen LogP contribution in [0.2, 0.25) is 0 Å². The molecule has 106 valence electrons. The molecule has 0 aliphatic rings. The van der Waals surface area contributed by atoms with E-state index in [0.29, 0.717) is 6.42 Å². The molecular formula is C13H26N2O3. The third-order valence-electron chi connectivity index (χ3n) is 3.84. The van der Waals surface area contributed by atoms with Crippen LogP contribution in [0.3, 0.4) is 0 Å². The molecule has 2 amide bonds. The molecule has 0 bridgehead atoms. The van der Waals surface area contributed by atoms with Crippen molar-refractivity contribution in [3.63, 3.8) is 0 Å². The Hall–Kier alpha value is -1.26. The van der Waals surface area contributed by atoms with E-state index >= 15 is 0 Å². The molecule has 0 aromatic heterocycles. The highest BCUT2D eigenvalue weighted by atomic mass is 16.4. The Kier molecular flexibility index (Phi) is 6.15. The number of hydrogen-bond donors (Lipinski definition) is 2. The Balaban J connectivity index is 4.76. The van der Waals surface area contributed by atoms with Gasteiger partial charge in [0.2, 0.25) is 0 Å². The number of carbonyl (C=O) groups excluding carboxylic acids is 1. The van der Waals surface area contributed by atoms with Crippen LogP contribution in [0, 0.1) is 5.92 Å². The van der Waals surface area contributed by atoms with Gasteiger partial charge in [0.1, 0.15) is 6.04 Å². The predicted molar refractivity (Wildman–Crippen MR) is 71.5 cm³/mol.